The molecule has 0 fully saturated rings. The van der Waals surface area contributed by atoms with E-state index in [4.69, 9.17) is 4.74 Å². The van der Waals surface area contributed by atoms with Crippen molar-refractivity contribution in [3.8, 4) is 5.69 Å². The van der Waals surface area contributed by atoms with Gasteiger partial charge in [0.05, 0.1) is 11.3 Å². The second-order valence-corrected chi connectivity index (χ2v) is 6.37. The lowest BCUT2D eigenvalue weighted by Crippen LogP contribution is -2.36. The highest BCUT2D eigenvalue weighted by Crippen LogP contribution is 2.09. The van der Waals surface area contributed by atoms with E-state index in [-0.39, 0.29) is 18.6 Å². The van der Waals surface area contributed by atoms with Gasteiger partial charge in [0, 0.05) is 6.04 Å². The lowest BCUT2D eigenvalue weighted by molar-refractivity contribution is -0.124. The Hall–Kier alpha value is -3.55. The van der Waals surface area contributed by atoms with Gasteiger partial charge >= 0.3 is 5.97 Å². The van der Waals surface area contributed by atoms with Crippen LogP contribution in [0.25, 0.3) is 5.69 Å². The molecule has 1 aromatic heterocycles. The first kappa shape index (κ1) is 19.2. The van der Waals surface area contributed by atoms with Gasteiger partial charge in [-0.05, 0) is 60.0 Å². The predicted octanol–water partition coefficient (Wildman–Crippen LogP) is 1.96. The predicted molar refractivity (Wildman–Crippen MR) is 102 cm³/mol. The van der Waals surface area contributed by atoms with E-state index in [2.05, 4.69) is 33.0 Å². The van der Waals surface area contributed by atoms with Gasteiger partial charge in [-0.25, -0.2) is 9.48 Å². The summed E-state index contributed by atoms with van der Waals surface area (Å²) in [6, 6.07) is 16.6. The van der Waals surface area contributed by atoms with Gasteiger partial charge in [0.2, 0.25) is 0 Å². The molecule has 3 rings (SSSR count). The van der Waals surface area contributed by atoms with Crippen LogP contribution < -0.4 is 5.32 Å². The highest BCUT2D eigenvalue weighted by molar-refractivity contribution is 5.91. The summed E-state index contributed by atoms with van der Waals surface area (Å²) in [7, 11) is 0. The first-order chi connectivity index (χ1) is 13.6. The third-order valence-corrected chi connectivity index (χ3v) is 4.17. The molecule has 0 bridgehead atoms. The molecular weight excluding hydrogens is 358 g/mol. The van der Waals surface area contributed by atoms with Crippen molar-refractivity contribution in [1.29, 1.82) is 0 Å². The number of ether oxygens (including phenoxy) is 1. The summed E-state index contributed by atoms with van der Waals surface area (Å²) in [5, 5.41) is 13.7. The first-order valence-electron chi connectivity index (χ1n) is 8.95. The number of carbonyl (C=O) groups excluding carboxylic acids is 2. The van der Waals surface area contributed by atoms with Crippen LogP contribution in [0.15, 0.2) is 60.9 Å². The van der Waals surface area contributed by atoms with Crippen molar-refractivity contribution >= 4 is 11.9 Å². The number of hydrogen-bond acceptors (Lipinski definition) is 6. The van der Waals surface area contributed by atoms with Crippen LogP contribution in [0, 0.1) is 0 Å². The molecule has 0 aliphatic rings. The zero-order chi connectivity index (χ0) is 19.8. The number of esters is 1. The van der Waals surface area contributed by atoms with E-state index < -0.39 is 5.97 Å². The highest BCUT2D eigenvalue weighted by atomic mass is 16.5. The van der Waals surface area contributed by atoms with Crippen molar-refractivity contribution in [3.05, 3.63) is 72.1 Å². The Balaban J connectivity index is 1.41. The minimum atomic E-state index is -0.560. The number of nitrogens with one attached hydrogen (secondary N) is 1. The third-order valence-electron chi connectivity index (χ3n) is 4.17. The molecule has 0 aliphatic carbocycles. The van der Waals surface area contributed by atoms with E-state index in [0.717, 1.165) is 12.8 Å². The summed E-state index contributed by atoms with van der Waals surface area (Å²) in [5.74, 6) is -0.880. The van der Waals surface area contributed by atoms with Crippen LogP contribution in [0.3, 0.4) is 0 Å². The molecule has 28 heavy (non-hydrogen) atoms. The van der Waals surface area contributed by atoms with Gasteiger partial charge in [0.25, 0.3) is 5.91 Å². The Labute approximate surface area is 162 Å². The van der Waals surface area contributed by atoms with Crippen LogP contribution in [0.4, 0.5) is 0 Å². The summed E-state index contributed by atoms with van der Waals surface area (Å²) < 4.78 is 6.56. The number of hydrogen-bond donors (Lipinski definition) is 1. The molecule has 144 valence electrons. The molecule has 2 aromatic carbocycles. The zero-order valence-electron chi connectivity index (χ0n) is 15.5. The van der Waals surface area contributed by atoms with Crippen molar-refractivity contribution < 1.29 is 14.3 Å². The minimum Gasteiger partial charge on any atom is -0.452 e. The van der Waals surface area contributed by atoms with E-state index in [0.29, 0.717) is 11.3 Å². The van der Waals surface area contributed by atoms with E-state index in [1.54, 1.807) is 24.3 Å². The fraction of sp³-hybridized carbons (Fsp3) is 0.250. The van der Waals surface area contributed by atoms with Gasteiger partial charge in [0.1, 0.15) is 6.33 Å². The number of benzene rings is 2. The van der Waals surface area contributed by atoms with E-state index in [1.165, 1.54) is 16.6 Å². The van der Waals surface area contributed by atoms with E-state index in [1.807, 2.05) is 25.1 Å². The largest absolute Gasteiger partial charge is 0.452 e. The minimum absolute atomic E-state index is 0.0121. The average molecular weight is 379 g/mol. The Morgan fingerprint density at radius 2 is 1.86 bits per heavy atom. The molecule has 3 aromatic rings. The molecule has 1 atom stereocenters. The zero-order valence-corrected chi connectivity index (χ0v) is 15.5. The van der Waals surface area contributed by atoms with Crippen molar-refractivity contribution in [2.24, 2.45) is 0 Å². The number of nitrogens with zero attached hydrogens (tertiary/aromatic N) is 4. The van der Waals surface area contributed by atoms with Crippen molar-refractivity contribution in [2.75, 3.05) is 6.61 Å². The van der Waals surface area contributed by atoms with Gasteiger partial charge in [-0.15, -0.1) is 5.10 Å². The van der Waals surface area contributed by atoms with Crippen LogP contribution >= 0.6 is 0 Å². The van der Waals surface area contributed by atoms with Gasteiger partial charge in [-0.1, -0.05) is 30.3 Å². The van der Waals surface area contributed by atoms with Crippen LogP contribution in [0.2, 0.25) is 0 Å². The molecule has 1 N–H and O–H groups in total. The SMILES string of the molecule is C[C@@H](CCc1ccccc1)NC(=O)COC(=O)c1ccc(-n2cnnn2)cc1. The Kier molecular flexibility index (Phi) is 6.46. The topological polar surface area (TPSA) is 99.0 Å². The summed E-state index contributed by atoms with van der Waals surface area (Å²) in [4.78, 5) is 24.1. The lowest BCUT2D eigenvalue weighted by Gasteiger charge is -2.14. The fourth-order valence-corrected chi connectivity index (χ4v) is 2.66. The lowest BCUT2D eigenvalue weighted by atomic mass is 10.1. The number of aromatic nitrogens is 4. The average Bonchev–Trinajstić information content (AvgIpc) is 3.26. The molecule has 1 amide bonds. The molecule has 8 nitrogen and oxygen atoms in total. The summed E-state index contributed by atoms with van der Waals surface area (Å²) >= 11 is 0. The second kappa shape index (κ2) is 9.40. The normalized spacial score (nSPS) is 11.6. The van der Waals surface area contributed by atoms with Crippen LogP contribution in [-0.4, -0.2) is 44.7 Å². The van der Waals surface area contributed by atoms with E-state index >= 15 is 0 Å². The summed E-state index contributed by atoms with van der Waals surface area (Å²) in [5.41, 5.74) is 2.29. The number of carbonyl (C=O) groups is 2. The second-order valence-electron chi connectivity index (χ2n) is 6.37. The van der Waals surface area contributed by atoms with Gasteiger partial charge in [-0.3, -0.25) is 4.79 Å². The summed E-state index contributed by atoms with van der Waals surface area (Å²) in [6.07, 6.45) is 3.13. The van der Waals surface area contributed by atoms with Crippen LogP contribution in [-0.2, 0) is 16.0 Å². The summed E-state index contributed by atoms with van der Waals surface area (Å²) in [6.45, 7) is 1.61. The maximum absolute atomic E-state index is 12.1. The molecule has 0 spiro atoms. The number of aryl methyl sites for hydroxylation is 1. The van der Waals surface area contributed by atoms with Crippen molar-refractivity contribution in [1.82, 2.24) is 25.5 Å². The molecule has 1 heterocycles. The third kappa shape index (κ3) is 5.47. The monoisotopic (exact) mass is 379 g/mol. The fourth-order valence-electron chi connectivity index (χ4n) is 2.66. The quantitative estimate of drug-likeness (QED) is 0.601. The molecule has 0 unspecified atom stereocenters. The first-order valence-corrected chi connectivity index (χ1v) is 8.95. The molecular formula is C20H21N5O3. The molecule has 0 radical (unpaired) electrons. The number of amides is 1. The van der Waals surface area contributed by atoms with Gasteiger partial charge in [-0.2, -0.15) is 0 Å². The Bertz CT molecular complexity index is 895. The number of tetrazole rings is 1. The molecule has 0 saturated carbocycles. The van der Waals surface area contributed by atoms with Gasteiger partial charge in [0.15, 0.2) is 6.61 Å². The molecule has 0 aliphatic heterocycles. The maximum atomic E-state index is 12.1. The molecule has 0 saturated heterocycles. The smallest absolute Gasteiger partial charge is 0.338 e. The van der Waals surface area contributed by atoms with Crippen LogP contribution in [0.5, 0.6) is 0 Å². The van der Waals surface area contributed by atoms with E-state index in [9.17, 15) is 9.59 Å². The highest BCUT2D eigenvalue weighted by Gasteiger charge is 2.12. The Morgan fingerprint density at radius 1 is 1.11 bits per heavy atom. The van der Waals surface area contributed by atoms with Crippen molar-refractivity contribution in [3.63, 3.8) is 0 Å². The Morgan fingerprint density at radius 3 is 2.54 bits per heavy atom. The van der Waals surface area contributed by atoms with Crippen molar-refractivity contribution in [2.45, 2.75) is 25.8 Å². The standard InChI is InChI=1S/C20H21N5O3/c1-15(7-8-16-5-3-2-4-6-16)22-19(26)13-28-20(27)17-9-11-18(12-10-17)25-14-21-23-24-25/h2-6,9-12,14-15H,7-8,13H2,1H3,(H,22,26)/t15-/m0/s1. The van der Waals surface area contributed by atoms with Crippen LogP contribution in [0.1, 0.15) is 29.3 Å². The molecule has 8 heteroatoms. The van der Waals surface area contributed by atoms with Gasteiger partial charge < -0.3 is 10.1 Å². The maximum Gasteiger partial charge on any atom is 0.338 e. The number of rotatable bonds is 8.